The molecule has 16 heteroatoms. The smallest absolute Gasteiger partial charge is 0.858 e. The van der Waals surface area contributed by atoms with Crippen LogP contribution in [-0.2, 0) is 25.0 Å². The van der Waals surface area contributed by atoms with Crippen molar-refractivity contribution in [3.05, 3.63) is 65.4 Å². The molecule has 4 rings (SSSR count). The summed E-state index contributed by atoms with van der Waals surface area (Å²) in [4.78, 5) is 12.2. The quantitative estimate of drug-likeness (QED) is 0.181. The molecule has 0 aliphatic carbocycles. The SMILES string of the molecule is CC1=NN(c2ccc(S(=O)(=O)[O-])cc2)C(=O)C1=Cc1c(C)nn(-c2ccc(S(=O)(=O)O)cc2)c1[O-].[Na+].[Na+]. The van der Waals surface area contributed by atoms with Crippen molar-refractivity contribution in [1.29, 1.82) is 0 Å². The third-order valence-corrected chi connectivity index (χ3v) is 6.88. The van der Waals surface area contributed by atoms with Crippen LogP contribution in [0.15, 0.2) is 69.0 Å². The topological polar surface area (TPSA) is 185 Å². The first kappa shape index (κ1) is 31.4. The van der Waals surface area contributed by atoms with Crippen molar-refractivity contribution in [3.8, 4) is 11.6 Å². The predicted molar refractivity (Wildman–Crippen MR) is 121 cm³/mol. The maximum Gasteiger partial charge on any atom is 1.00 e. The predicted octanol–water partition coefficient (Wildman–Crippen LogP) is -4.78. The Kier molecular flexibility index (Phi) is 9.74. The van der Waals surface area contributed by atoms with Gasteiger partial charge in [-0.25, -0.2) is 13.1 Å². The van der Waals surface area contributed by atoms with Crippen molar-refractivity contribution in [1.82, 2.24) is 9.78 Å². The van der Waals surface area contributed by atoms with Crippen LogP contribution in [0.5, 0.6) is 5.88 Å². The summed E-state index contributed by atoms with van der Waals surface area (Å²) in [7, 11) is -9.04. The normalized spacial score (nSPS) is 14.8. The largest absolute Gasteiger partial charge is 1.00 e. The zero-order valence-corrected chi connectivity index (χ0v) is 25.7. The van der Waals surface area contributed by atoms with Crippen LogP contribution in [0.1, 0.15) is 18.2 Å². The van der Waals surface area contributed by atoms with Gasteiger partial charge in [0.1, 0.15) is 10.1 Å². The summed E-state index contributed by atoms with van der Waals surface area (Å²) in [6.07, 6.45) is 1.34. The zero-order valence-electron chi connectivity index (χ0n) is 20.1. The van der Waals surface area contributed by atoms with Gasteiger partial charge in [0.25, 0.3) is 16.0 Å². The van der Waals surface area contributed by atoms with Crippen molar-refractivity contribution in [2.45, 2.75) is 23.6 Å². The van der Waals surface area contributed by atoms with E-state index < -0.39 is 36.9 Å². The van der Waals surface area contributed by atoms with Crippen LogP contribution >= 0.6 is 0 Å². The molecular formula is C21H16N4Na2O8S2. The van der Waals surface area contributed by atoms with Crippen molar-refractivity contribution in [2.24, 2.45) is 5.10 Å². The van der Waals surface area contributed by atoms with E-state index in [-0.39, 0.29) is 86.5 Å². The number of hydrogen-bond acceptors (Lipinski definition) is 9. The molecule has 0 unspecified atom stereocenters. The van der Waals surface area contributed by atoms with E-state index in [4.69, 9.17) is 4.55 Å². The molecule has 0 saturated carbocycles. The average Bonchev–Trinajstić information content (AvgIpc) is 3.23. The Balaban J connectivity index is 0.00000241. The number of anilines is 1. The zero-order chi connectivity index (χ0) is 25.7. The molecule has 2 aromatic carbocycles. The number of carbonyl (C=O) groups excluding carboxylic acids is 1. The summed E-state index contributed by atoms with van der Waals surface area (Å²) in [6, 6.07) is 9.50. The number of aromatic nitrogens is 2. The number of nitrogens with zero attached hydrogens (tertiary/aromatic N) is 4. The third kappa shape index (κ3) is 6.42. The number of carbonyl (C=O) groups is 1. The second-order valence-electron chi connectivity index (χ2n) is 7.49. The molecule has 1 aliphatic heterocycles. The number of amides is 1. The molecule has 0 atom stereocenters. The minimum Gasteiger partial charge on any atom is -0.858 e. The Morgan fingerprint density at radius 3 is 1.92 bits per heavy atom. The van der Waals surface area contributed by atoms with Crippen LogP contribution in [0.2, 0.25) is 0 Å². The van der Waals surface area contributed by atoms with Crippen LogP contribution in [-0.4, -0.2) is 47.3 Å². The molecule has 0 saturated heterocycles. The minimum absolute atomic E-state index is 0. The van der Waals surface area contributed by atoms with Gasteiger partial charge in [-0.05, 0) is 74.3 Å². The van der Waals surface area contributed by atoms with Crippen molar-refractivity contribution in [3.63, 3.8) is 0 Å². The molecule has 0 spiro atoms. The van der Waals surface area contributed by atoms with Gasteiger partial charge in [0.2, 0.25) is 0 Å². The Labute approximate surface area is 256 Å². The molecule has 1 N–H and O–H groups in total. The van der Waals surface area contributed by atoms with E-state index in [1.807, 2.05) is 0 Å². The van der Waals surface area contributed by atoms with Crippen LogP contribution in [0.4, 0.5) is 5.69 Å². The number of hydrogen-bond donors (Lipinski definition) is 1. The van der Waals surface area contributed by atoms with E-state index in [0.29, 0.717) is 11.4 Å². The van der Waals surface area contributed by atoms with Crippen LogP contribution in [0.25, 0.3) is 11.8 Å². The first-order chi connectivity index (χ1) is 16.3. The van der Waals surface area contributed by atoms with Gasteiger partial charge in [-0.15, -0.1) is 0 Å². The van der Waals surface area contributed by atoms with Gasteiger partial charge in [0, 0.05) is 5.56 Å². The van der Waals surface area contributed by atoms with E-state index in [1.54, 1.807) is 13.8 Å². The van der Waals surface area contributed by atoms with Gasteiger partial charge < -0.3 is 9.66 Å². The van der Waals surface area contributed by atoms with Crippen LogP contribution in [0, 0.1) is 6.92 Å². The fraction of sp³-hybridized carbons (Fsp3) is 0.0952. The first-order valence-electron chi connectivity index (χ1n) is 9.79. The molecule has 12 nitrogen and oxygen atoms in total. The molecule has 0 radical (unpaired) electrons. The van der Waals surface area contributed by atoms with Gasteiger partial charge in [-0.3, -0.25) is 9.35 Å². The van der Waals surface area contributed by atoms with E-state index >= 15 is 0 Å². The summed E-state index contributed by atoms with van der Waals surface area (Å²) < 4.78 is 65.9. The Morgan fingerprint density at radius 1 is 0.892 bits per heavy atom. The van der Waals surface area contributed by atoms with E-state index in [1.165, 1.54) is 30.3 Å². The Bertz CT molecular complexity index is 1630. The molecule has 0 bridgehead atoms. The fourth-order valence-electron chi connectivity index (χ4n) is 3.38. The van der Waals surface area contributed by atoms with Gasteiger partial charge in [0.15, 0.2) is 0 Å². The van der Waals surface area contributed by atoms with Gasteiger partial charge >= 0.3 is 59.1 Å². The van der Waals surface area contributed by atoms with Crippen molar-refractivity contribution in [2.75, 3.05) is 5.01 Å². The summed E-state index contributed by atoms with van der Waals surface area (Å²) >= 11 is 0. The number of aryl methyl sites for hydroxylation is 1. The molecule has 1 aliphatic rings. The fourth-order valence-corrected chi connectivity index (χ4v) is 4.33. The van der Waals surface area contributed by atoms with Crippen molar-refractivity contribution >= 4 is 43.6 Å². The van der Waals surface area contributed by atoms with Crippen molar-refractivity contribution < 1.29 is 95.0 Å². The minimum atomic E-state index is -4.65. The third-order valence-electron chi connectivity index (χ3n) is 5.16. The summed E-state index contributed by atoms with van der Waals surface area (Å²) in [5, 5.41) is 22.3. The molecule has 1 amide bonds. The first-order valence-corrected chi connectivity index (χ1v) is 12.6. The number of hydrazone groups is 1. The summed E-state index contributed by atoms with van der Waals surface area (Å²) in [5.74, 6) is -1.15. The molecule has 1 aromatic heterocycles. The van der Waals surface area contributed by atoms with Gasteiger partial charge in [-0.1, -0.05) is 0 Å². The Morgan fingerprint density at radius 2 is 1.41 bits per heavy atom. The second-order valence-corrected chi connectivity index (χ2v) is 10.3. The second kappa shape index (κ2) is 11.5. The monoisotopic (exact) mass is 562 g/mol. The van der Waals surface area contributed by atoms with Crippen LogP contribution < -0.4 is 69.2 Å². The number of rotatable bonds is 5. The molecule has 2 heterocycles. The maximum atomic E-state index is 13.0. The molecule has 37 heavy (non-hydrogen) atoms. The molecular weight excluding hydrogens is 546 g/mol. The number of benzene rings is 2. The van der Waals surface area contributed by atoms with Crippen LogP contribution in [0.3, 0.4) is 0 Å². The molecule has 3 aromatic rings. The standard InChI is InChI=1S/C21H18N4O8S2.2Na/c1-12-18(20(26)24(22-12)14-3-7-16(8-4-14)34(28,29)30)11-19-13(2)23-25(21(19)27)15-5-9-17(10-6-15)35(31,32)33;;/h3-11,26H,1-2H3,(H,28,29,30)(H,31,32,33);;/q;2*+1/p-2. The summed E-state index contributed by atoms with van der Waals surface area (Å²) in [5.41, 5.74) is 1.26. The van der Waals surface area contributed by atoms with E-state index in [0.717, 1.165) is 34.0 Å². The average molecular weight is 562 g/mol. The Hall–Kier alpha value is -1.85. The van der Waals surface area contributed by atoms with E-state index in [9.17, 15) is 31.3 Å². The van der Waals surface area contributed by atoms with Gasteiger partial charge in [0.05, 0.1) is 38.1 Å². The molecule has 0 fully saturated rings. The van der Waals surface area contributed by atoms with E-state index in [2.05, 4.69) is 10.2 Å². The summed E-state index contributed by atoms with van der Waals surface area (Å²) in [6.45, 7) is 3.11. The molecule has 182 valence electrons. The maximum absolute atomic E-state index is 13.0. The van der Waals surface area contributed by atoms with Gasteiger partial charge in [-0.2, -0.15) is 23.6 Å².